The Bertz CT molecular complexity index is 514. The molecule has 5 heteroatoms. The lowest BCUT2D eigenvalue weighted by molar-refractivity contribution is -0.132. The van der Waals surface area contributed by atoms with E-state index < -0.39 is 0 Å². The van der Waals surface area contributed by atoms with Crippen molar-refractivity contribution in [2.75, 3.05) is 17.6 Å². The summed E-state index contributed by atoms with van der Waals surface area (Å²) in [4.78, 5) is 25.2. The summed E-state index contributed by atoms with van der Waals surface area (Å²) in [5, 5.41) is 2.84. The van der Waals surface area contributed by atoms with Gasteiger partial charge in [0.15, 0.2) is 0 Å². The van der Waals surface area contributed by atoms with Crippen molar-refractivity contribution < 1.29 is 9.59 Å². The number of hydrogen-bond acceptors (Lipinski definition) is 3. The van der Waals surface area contributed by atoms with Crippen LogP contribution in [0.15, 0.2) is 24.3 Å². The van der Waals surface area contributed by atoms with Gasteiger partial charge in [-0.2, -0.15) is 0 Å². The first-order valence-corrected chi connectivity index (χ1v) is 8.31. The lowest BCUT2D eigenvalue weighted by atomic mass is 10.1. The molecule has 0 bridgehead atoms. The maximum absolute atomic E-state index is 12.2. The van der Waals surface area contributed by atoms with Gasteiger partial charge >= 0.3 is 0 Å². The molecule has 4 nitrogen and oxygen atoms in total. The quantitative estimate of drug-likeness (QED) is 0.929. The summed E-state index contributed by atoms with van der Waals surface area (Å²) in [6, 6.07) is 7.78. The van der Waals surface area contributed by atoms with Gasteiger partial charge in [-0.1, -0.05) is 26.0 Å². The van der Waals surface area contributed by atoms with E-state index in [0.717, 1.165) is 23.5 Å². The molecule has 1 aromatic rings. The zero-order chi connectivity index (χ0) is 15.4. The zero-order valence-electron chi connectivity index (χ0n) is 12.8. The van der Waals surface area contributed by atoms with Crippen molar-refractivity contribution in [3.8, 4) is 0 Å². The summed E-state index contributed by atoms with van der Waals surface area (Å²) in [7, 11) is 0. The Hall–Kier alpha value is -1.49. The lowest BCUT2D eigenvalue weighted by Gasteiger charge is -2.36. The molecule has 1 aliphatic heterocycles. The highest BCUT2D eigenvalue weighted by molar-refractivity contribution is 7.99. The Morgan fingerprint density at radius 3 is 2.62 bits per heavy atom. The van der Waals surface area contributed by atoms with Gasteiger partial charge in [-0.15, -0.1) is 11.8 Å². The van der Waals surface area contributed by atoms with Crippen molar-refractivity contribution in [3.05, 3.63) is 29.8 Å². The number of benzene rings is 1. The summed E-state index contributed by atoms with van der Waals surface area (Å²) >= 11 is 1.81. The van der Waals surface area contributed by atoms with E-state index >= 15 is 0 Å². The molecular weight excluding hydrogens is 284 g/mol. The number of thioether (sulfide) groups is 1. The molecule has 1 fully saturated rings. The molecule has 0 aromatic heterocycles. The lowest BCUT2D eigenvalue weighted by Crippen LogP contribution is -2.39. The molecule has 2 rings (SSSR count). The molecular formula is C16H22N2O2S. The first-order chi connectivity index (χ1) is 9.97. The third-order valence-electron chi connectivity index (χ3n) is 3.27. The Balaban J connectivity index is 2.17. The van der Waals surface area contributed by atoms with Gasteiger partial charge in [0.05, 0.1) is 0 Å². The number of anilines is 1. The fraction of sp³-hybridized carbons (Fsp3) is 0.500. The molecule has 21 heavy (non-hydrogen) atoms. The van der Waals surface area contributed by atoms with Crippen molar-refractivity contribution >= 4 is 29.3 Å². The number of amides is 2. The largest absolute Gasteiger partial charge is 0.326 e. The molecule has 1 atom stereocenters. The first-order valence-electron chi connectivity index (χ1n) is 7.26. The van der Waals surface area contributed by atoms with Crippen molar-refractivity contribution in [1.82, 2.24) is 4.90 Å². The van der Waals surface area contributed by atoms with Gasteiger partial charge in [0.2, 0.25) is 11.8 Å². The molecule has 1 aromatic carbocycles. The van der Waals surface area contributed by atoms with Gasteiger partial charge in [0.1, 0.15) is 5.37 Å². The molecule has 1 saturated heterocycles. The van der Waals surface area contributed by atoms with Crippen LogP contribution in [0.3, 0.4) is 0 Å². The highest BCUT2D eigenvalue weighted by Crippen LogP contribution is 2.38. The molecule has 1 aliphatic rings. The second-order valence-electron chi connectivity index (χ2n) is 5.72. The van der Waals surface area contributed by atoms with Gasteiger partial charge in [-0.05, 0) is 23.6 Å². The van der Waals surface area contributed by atoms with E-state index in [1.807, 2.05) is 40.9 Å². The maximum atomic E-state index is 12.2. The molecule has 0 spiro atoms. The average molecular weight is 306 g/mol. The van der Waals surface area contributed by atoms with E-state index in [1.54, 1.807) is 0 Å². The van der Waals surface area contributed by atoms with Crippen LogP contribution in [-0.2, 0) is 9.59 Å². The number of carbonyl (C=O) groups excluding carboxylic acids is 2. The summed E-state index contributed by atoms with van der Waals surface area (Å²) < 4.78 is 0. The van der Waals surface area contributed by atoms with Gasteiger partial charge in [0, 0.05) is 31.3 Å². The van der Waals surface area contributed by atoms with Crippen molar-refractivity contribution in [3.63, 3.8) is 0 Å². The average Bonchev–Trinajstić information content (AvgIpc) is 2.41. The highest BCUT2D eigenvalue weighted by Gasteiger charge is 2.30. The fourth-order valence-electron chi connectivity index (χ4n) is 2.42. The molecule has 1 N–H and O–H groups in total. The third kappa shape index (κ3) is 4.24. The summed E-state index contributed by atoms with van der Waals surface area (Å²) in [6.07, 6.45) is 0.623. The van der Waals surface area contributed by atoms with Crippen LogP contribution >= 0.6 is 11.8 Å². The van der Waals surface area contributed by atoms with E-state index in [2.05, 4.69) is 19.2 Å². The van der Waals surface area contributed by atoms with E-state index in [9.17, 15) is 9.59 Å². The van der Waals surface area contributed by atoms with Crippen LogP contribution in [0, 0.1) is 5.92 Å². The molecule has 0 radical (unpaired) electrons. The maximum Gasteiger partial charge on any atom is 0.224 e. The van der Waals surface area contributed by atoms with Crippen LogP contribution in [-0.4, -0.2) is 29.0 Å². The highest BCUT2D eigenvalue weighted by atomic mass is 32.2. The van der Waals surface area contributed by atoms with Gasteiger partial charge in [0.25, 0.3) is 0 Å². The van der Waals surface area contributed by atoms with Crippen molar-refractivity contribution in [2.45, 2.75) is 32.6 Å². The molecule has 2 amide bonds. The molecule has 0 saturated carbocycles. The number of nitrogens with zero attached hydrogens (tertiary/aromatic N) is 1. The Labute approximate surface area is 130 Å². The molecule has 1 unspecified atom stereocenters. The van der Waals surface area contributed by atoms with Crippen LogP contribution in [0.4, 0.5) is 5.69 Å². The standard InChI is InChI=1S/C16H22N2O2S/c1-11(2)10-18-15(20)8-9-21-16(18)13-4-6-14(7-5-13)17-12(3)19/h4-7,11,16H,8-10H2,1-3H3,(H,17,19). The minimum atomic E-state index is -0.0774. The summed E-state index contributed by atoms with van der Waals surface area (Å²) in [5.41, 5.74) is 1.90. The normalized spacial score (nSPS) is 19.0. The number of carbonyl (C=O) groups is 2. The van der Waals surface area contributed by atoms with Crippen LogP contribution in [0.5, 0.6) is 0 Å². The molecule has 0 aliphatic carbocycles. The van der Waals surface area contributed by atoms with Gasteiger partial charge in [-0.3, -0.25) is 9.59 Å². The molecule has 114 valence electrons. The number of rotatable bonds is 4. The van der Waals surface area contributed by atoms with Gasteiger partial charge < -0.3 is 10.2 Å². The zero-order valence-corrected chi connectivity index (χ0v) is 13.6. The smallest absolute Gasteiger partial charge is 0.224 e. The Morgan fingerprint density at radius 1 is 1.38 bits per heavy atom. The number of nitrogens with one attached hydrogen (secondary N) is 1. The Morgan fingerprint density at radius 2 is 2.05 bits per heavy atom. The van der Waals surface area contributed by atoms with Gasteiger partial charge in [-0.25, -0.2) is 0 Å². The Kier molecular flexibility index (Phi) is 5.28. The molecule has 1 heterocycles. The van der Waals surface area contributed by atoms with E-state index in [0.29, 0.717) is 12.3 Å². The fourth-order valence-corrected chi connectivity index (χ4v) is 3.67. The van der Waals surface area contributed by atoms with Crippen LogP contribution in [0.25, 0.3) is 0 Å². The first kappa shape index (κ1) is 15.9. The van der Waals surface area contributed by atoms with Crippen molar-refractivity contribution in [2.24, 2.45) is 5.92 Å². The van der Waals surface area contributed by atoms with E-state index in [1.165, 1.54) is 6.92 Å². The summed E-state index contributed by atoms with van der Waals surface area (Å²) in [5.74, 6) is 1.48. The third-order valence-corrected chi connectivity index (χ3v) is 4.56. The van der Waals surface area contributed by atoms with E-state index in [-0.39, 0.29) is 17.2 Å². The second-order valence-corrected chi connectivity index (χ2v) is 6.90. The minimum Gasteiger partial charge on any atom is -0.326 e. The predicted octanol–water partition coefficient (Wildman–Crippen LogP) is 3.27. The van der Waals surface area contributed by atoms with Crippen LogP contribution < -0.4 is 5.32 Å². The second kappa shape index (κ2) is 6.98. The minimum absolute atomic E-state index is 0.0774. The van der Waals surface area contributed by atoms with E-state index in [4.69, 9.17) is 0 Å². The predicted molar refractivity (Wildman–Crippen MR) is 87.1 cm³/mol. The SMILES string of the molecule is CC(=O)Nc1ccc(C2SCCC(=O)N2CC(C)C)cc1. The van der Waals surface area contributed by atoms with Crippen LogP contribution in [0.1, 0.15) is 38.1 Å². The number of hydrogen-bond donors (Lipinski definition) is 1. The van der Waals surface area contributed by atoms with Crippen LogP contribution in [0.2, 0.25) is 0 Å². The topological polar surface area (TPSA) is 49.4 Å². The van der Waals surface area contributed by atoms with Crippen molar-refractivity contribution in [1.29, 1.82) is 0 Å². The summed E-state index contributed by atoms with van der Waals surface area (Å²) in [6.45, 7) is 6.53. The monoisotopic (exact) mass is 306 g/mol.